The van der Waals surface area contributed by atoms with E-state index >= 15 is 0 Å². The average molecular weight is 244 g/mol. The highest BCUT2D eigenvalue weighted by molar-refractivity contribution is 5.86. The summed E-state index contributed by atoms with van der Waals surface area (Å²) in [6.45, 7) is 10.4. The first-order chi connectivity index (χ1) is 8.52. The molecule has 0 radical (unpaired) electrons. The van der Waals surface area contributed by atoms with E-state index in [-0.39, 0.29) is 5.41 Å². The fourth-order valence-electron chi connectivity index (χ4n) is 5.19. The summed E-state index contributed by atoms with van der Waals surface area (Å²) in [5, 5.41) is 0. The molecule has 2 bridgehead atoms. The van der Waals surface area contributed by atoms with Gasteiger partial charge in [0.2, 0.25) is 0 Å². The maximum Gasteiger partial charge on any atom is 0.139 e. The van der Waals surface area contributed by atoms with Gasteiger partial charge >= 0.3 is 0 Å². The van der Waals surface area contributed by atoms with Gasteiger partial charge in [-0.05, 0) is 55.8 Å². The number of fused-ring (bicyclic) bond motifs is 2. The predicted octanol–water partition coefficient (Wildman–Crippen LogP) is 4.29. The van der Waals surface area contributed by atoms with Crippen molar-refractivity contribution < 1.29 is 4.79 Å². The highest BCUT2D eigenvalue weighted by atomic mass is 16.1. The van der Waals surface area contributed by atoms with Crippen molar-refractivity contribution in [2.75, 3.05) is 0 Å². The quantitative estimate of drug-likeness (QED) is 0.662. The Balaban J connectivity index is 2.01. The zero-order valence-electron chi connectivity index (χ0n) is 11.5. The fraction of sp³-hybridized carbons (Fsp3) is 0.706. The molecule has 0 aromatic heterocycles. The second-order valence-corrected chi connectivity index (χ2v) is 7.05. The minimum atomic E-state index is -0.140. The van der Waals surface area contributed by atoms with Crippen LogP contribution >= 0.6 is 0 Å². The average Bonchev–Trinajstić information content (AvgIpc) is 2.35. The van der Waals surface area contributed by atoms with Crippen LogP contribution in [-0.4, -0.2) is 5.78 Å². The summed E-state index contributed by atoms with van der Waals surface area (Å²) in [6, 6.07) is 0. The Kier molecular flexibility index (Phi) is 2.59. The maximum absolute atomic E-state index is 12.4. The number of carbonyl (C=O) groups is 1. The molecule has 18 heavy (non-hydrogen) atoms. The van der Waals surface area contributed by atoms with Crippen LogP contribution in [0.3, 0.4) is 0 Å². The highest BCUT2D eigenvalue weighted by Gasteiger charge is 2.59. The van der Waals surface area contributed by atoms with Gasteiger partial charge in [0, 0.05) is 11.8 Å². The van der Waals surface area contributed by atoms with E-state index in [9.17, 15) is 4.79 Å². The summed E-state index contributed by atoms with van der Waals surface area (Å²) < 4.78 is 0. The molecule has 4 atom stereocenters. The first-order valence-corrected chi connectivity index (χ1v) is 7.34. The number of hydrogen-bond acceptors (Lipinski definition) is 1. The zero-order valence-corrected chi connectivity index (χ0v) is 11.5. The van der Waals surface area contributed by atoms with Gasteiger partial charge in [0.15, 0.2) is 0 Å². The van der Waals surface area contributed by atoms with E-state index in [4.69, 9.17) is 0 Å². The fourth-order valence-corrected chi connectivity index (χ4v) is 5.19. The van der Waals surface area contributed by atoms with Crippen molar-refractivity contribution in [3.63, 3.8) is 0 Å². The third-order valence-electron chi connectivity index (χ3n) is 6.23. The van der Waals surface area contributed by atoms with Crippen LogP contribution in [0.15, 0.2) is 24.8 Å². The monoisotopic (exact) mass is 244 g/mol. The summed E-state index contributed by atoms with van der Waals surface area (Å²) in [7, 11) is 0. The lowest BCUT2D eigenvalue weighted by molar-refractivity contribution is -0.150. The molecule has 4 saturated carbocycles. The van der Waals surface area contributed by atoms with Gasteiger partial charge in [-0.2, -0.15) is 0 Å². The van der Waals surface area contributed by atoms with Crippen molar-refractivity contribution in [2.45, 2.75) is 51.9 Å². The Morgan fingerprint density at radius 2 is 2.22 bits per heavy atom. The van der Waals surface area contributed by atoms with E-state index in [1.54, 1.807) is 0 Å². The SMILES string of the molecule is C=CCC1(C)C(=O)CCC23CC[C@H](C[C@@H]21)C(=C)C3. The largest absolute Gasteiger partial charge is 0.299 e. The molecule has 98 valence electrons. The van der Waals surface area contributed by atoms with E-state index in [2.05, 4.69) is 20.1 Å². The Hall–Kier alpha value is -0.850. The van der Waals surface area contributed by atoms with Gasteiger partial charge < -0.3 is 0 Å². The van der Waals surface area contributed by atoms with E-state index in [1.807, 2.05) is 6.08 Å². The van der Waals surface area contributed by atoms with Crippen molar-refractivity contribution >= 4 is 5.78 Å². The molecule has 4 aliphatic carbocycles. The van der Waals surface area contributed by atoms with Crippen LogP contribution in [-0.2, 0) is 4.79 Å². The van der Waals surface area contributed by atoms with E-state index in [1.165, 1.54) is 31.3 Å². The van der Waals surface area contributed by atoms with Gasteiger partial charge in [0.05, 0.1) is 0 Å². The van der Waals surface area contributed by atoms with Gasteiger partial charge in [-0.25, -0.2) is 0 Å². The molecular weight excluding hydrogens is 220 g/mol. The van der Waals surface area contributed by atoms with Crippen molar-refractivity contribution in [3.05, 3.63) is 24.8 Å². The van der Waals surface area contributed by atoms with Crippen molar-refractivity contribution in [1.82, 2.24) is 0 Å². The highest BCUT2D eigenvalue weighted by Crippen LogP contribution is 2.65. The smallest absolute Gasteiger partial charge is 0.139 e. The zero-order chi connectivity index (χ0) is 13.0. The van der Waals surface area contributed by atoms with Gasteiger partial charge in [-0.1, -0.05) is 25.2 Å². The van der Waals surface area contributed by atoms with Crippen LogP contribution in [0.25, 0.3) is 0 Å². The minimum absolute atomic E-state index is 0.140. The van der Waals surface area contributed by atoms with Crippen LogP contribution in [0, 0.1) is 22.7 Å². The Morgan fingerprint density at radius 3 is 2.89 bits per heavy atom. The number of ketones is 1. The lowest BCUT2D eigenvalue weighted by Gasteiger charge is -2.61. The third kappa shape index (κ3) is 1.42. The predicted molar refractivity (Wildman–Crippen MR) is 74.2 cm³/mol. The van der Waals surface area contributed by atoms with E-state index < -0.39 is 0 Å². The minimum Gasteiger partial charge on any atom is -0.299 e. The third-order valence-corrected chi connectivity index (χ3v) is 6.23. The van der Waals surface area contributed by atoms with Gasteiger partial charge in [-0.3, -0.25) is 4.79 Å². The van der Waals surface area contributed by atoms with Crippen LogP contribution < -0.4 is 0 Å². The number of Topliss-reactive ketones (excluding diaryl/α,β-unsaturated/α-hetero) is 1. The van der Waals surface area contributed by atoms with E-state index in [0.29, 0.717) is 23.0 Å². The van der Waals surface area contributed by atoms with Gasteiger partial charge in [0.1, 0.15) is 5.78 Å². The molecule has 4 fully saturated rings. The molecule has 1 nitrogen and oxygen atoms in total. The Bertz CT molecular complexity index is 421. The van der Waals surface area contributed by atoms with Gasteiger partial charge in [-0.15, -0.1) is 6.58 Å². The summed E-state index contributed by atoms with van der Waals surface area (Å²) >= 11 is 0. The molecule has 2 unspecified atom stereocenters. The topological polar surface area (TPSA) is 17.1 Å². The summed E-state index contributed by atoms with van der Waals surface area (Å²) in [5.74, 6) is 1.75. The molecule has 4 aliphatic rings. The molecule has 4 rings (SSSR count). The first-order valence-electron chi connectivity index (χ1n) is 7.34. The molecule has 0 saturated heterocycles. The lowest BCUT2D eigenvalue weighted by Crippen LogP contribution is -2.55. The number of rotatable bonds is 2. The summed E-state index contributed by atoms with van der Waals surface area (Å²) in [5.41, 5.74) is 1.73. The summed E-state index contributed by atoms with van der Waals surface area (Å²) in [6.07, 6.45) is 9.71. The van der Waals surface area contributed by atoms with Crippen LogP contribution in [0.4, 0.5) is 0 Å². The molecule has 1 spiro atoms. The molecule has 0 aliphatic heterocycles. The molecular formula is C17H24O. The van der Waals surface area contributed by atoms with Gasteiger partial charge in [0.25, 0.3) is 0 Å². The second-order valence-electron chi connectivity index (χ2n) is 7.05. The Labute approximate surface area is 110 Å². The van der Waals surface area contributed by atoms with Crippen LogP contribution in [0.1, 0.15) is 51.9 Å². The van der Waals surface area contributed by atoms with Crippen LogP contribution in [0.2, 0.25) is 0 Å². The molecule has 0 aromatic rings. The van der Waals surface area contributed by atoms with Crippen molar-refractivity contribution in [2.24, 2.45) is 22.7 Å². The van der Waals surface area contributed by atoms with Crippen LogP contribution in [0.5, 0.6) is 0 Å². The first kappa shape index (κ1) is 12.2. The number of hydrogen-bond donors (Lipinski definition) is 0. The maximum atomic E-state index is 12.4. The Morgan fingerprint density at radius 1 is 1.44 bits per heavy atom. The molecule has 0 N–H and O–H groups in total. The molecule has 0 amide bonds. The van der Waals surface area contributed by atoms with Crippen molar-refractivity contribution in [1.29, 1.82) is 0 Å². The number of allylic oxidation sites excluding steroid dienone is 2. The summed E-state index contributed by atoms with van der Waals surface area (Å²) in [4.78, 5) is 12.4. The van der Waals surface area contributed by atoms with Crippen molar-refractivity contribution in [3.8, 4) is 0 Å². The molecule has 0 heterocycles. The normalized spacial score (nSPS) is 46.9. The second kappa shape index (κ2) is 3.82. The standard InChI is InChI=1S/C17H24O/c1-4-7-16(3)14-10-13-5-8-17(14,11-12(13)2)9-6-15(16)18/h4,13-14H,1-2,5-11H2,3H3/t13-,14-,16?,17?/m1/s1. The molecule has 0 aromatic carbocycles. The lowest BCUT2D eigenvalue weighted by atomic mass is 9.43. The molecule has 1 heteroatoms. The number of carbonyl (C=O) groups excluding carboxylic acids is 1. The van der Waals surface area contributed by atoms with E-state index in [0.717, 1.165) is 19.3 Å².